The van der Waals surface area contributed by atoms with Gasteiger partial charge in [-0.1, -0.05) is 39.5 Å². The zero-order chi connectivity index (χ0) is 11.9. The quantitative estimate of drug-likeness (QED) is 0.538. The van der Waals surface area contributed by atoms with Crippen LogP contribution in [0, 0.1) is 0 Å². The molecule has 15 heavy (non-hydrogen) atoms. The van der Waals surface area contributed by atoms with Crippen LogP contribution in [0.15, 0.2) is 0 Å². The molecule has 0 fully saturated rings. The SMILES string of the molecule is CCCCCCC(C)(C)N(CC)C(C)C. The van der Waals surface area contributed by atoms with Gasteiger partial charge in [-0.2, -0.15) is 0 Å². The largest absolute Gasteiger partial charge is 0.296 e. The van der Waals surface area contributed by atoms with Crippen LogP contribution < -0.4 is 0 Å². The molecule has 0 saturated carbocycles. The minimum atomic E-state index is 0.372. The van der Waals surface area contributed by atoms with Gasteiger partial charge in [0.25, 0.3) is 0 Å². The van der Waals surface area contributed by atoms with Crippen LogP contribution in [0.4, 0.5) is 0 Å². The van der Waals surface area contributed by atoms with E-state index >= 15 is 0 Å². The van der Waals surface area contributed by atoms with Crippen molar-refractivity contribution in [2.45, 2.75) is 85.2 Å². The molecule has 0 aromatic carbocycles. The Morgan fingerprint density at radius 1 is 1.00 bits per heavy atom. The molecular formula is C14H31N. The topological polar surface area (TPSA) is 3.24 Å². The molecule has 0 amide bonds. The van der Waals surface area contributed by atoms with Gasteiger partial charge >= 0.3 is 0 Å². The molecule has 0 saturated heterocycles. The molecule has 92 valence electrons. The Balaban J connectivity index is 4.02. The van der Waals surface area contributed by atoms with E-state index in [0.717, 1.165) is 0 Å². The first-order valence-electron chi connectivity index (χ1n) is 6.72. The van der Waals surface area contributed by atoms with Crippen LogP contribution in [0.25, 0.3) is 0 Å². The van der Waals surface area contributed by atoms with Crippen molar-refractivity contribution in [2.24, 2.45) is 0 Å². The Kier molecular flexibility index (Phi) is 7.25. The molecule has 0 atom stereocenters. The second kappa shape index (κ2) is 7.27. The number of rotatable bonds is 8. The fraction of sp³-hybridized carbons (Fsp3) is 1.00. The highest BCUT2D eigenvalue weighted by atomic mass is 15.2. The van der Waals surface area contributed by atoms with Gasteiger partial charge in [0.2, 0.25) is 0 Å². The van der Waals surface area contributed by atoms with Crippen molar-refractivity contribution in [2.75, 3.05) is 6.54 Å². The van der Waals surface area contributed by atoms with E-state index in [1.54, 1.807) is 0 Å². The Hall–Kier alpha value is -0.0400. The van der Waals surface area contributed by atoms with Crippen molar-refractivity contribution in [3.05, 3.63) is 0 Å². The number of nitrogens with zero attached hydrogens (tertiary/aromatic N) is 1. The summed E-state index contributed by atoms with van der Waals surface area (Å²) in [6.45, 7) is 15.1. The highest BCUT2D eigenvalue weighted by Crippen LogP contribution is 2.24. The van der Waals surface area contributed by atoms with Crippen LogP contribution in [0.2, 0.25) is 0 Å². The Morgan fingerprint density at radius 2 is 1.60 bits per heavy atom. The molecule has 0 unspecified atom stereocenters. The molecule has 0 N–H and O–H groups in total. The van der Waals surface area contributed by atoms with E-state index in [2.05, 4.69) is 46.4 Å². The normalized spacial score (nSPS) is 12.8. The molecule has 1 heteroatoms. The second-order valence-corrected chi connectivity index (χ2v) is 5.50. The van der Waals surface area contributed by atoms with Gasteiger partial charge in [0.05, 0.1) is 0 Å². The van der Waals surface area contributed by atoms with Crippen molar-refractivity contribution in [1.29, 1.82) is 0 Å². The van der Waals surface area contributed by atoms with Gasteiger partial charge in [-0.25, -0.2) is 0 Å². The molecule has 0 spiro atoms. The summed E-state index contributed by atoms with van der Waals surface area (Å²) in [5.41, 5.74) is 0.372. The highest BCUT2D eigenvalue weighted by Gasteiger charge is 2.26. The zero-order valence-electron chi connectivity index (χ0n) is 11.8. The van der Waals surface area contributed by atoms with Crippen molar-refractivity contribution in [3.63, 3.8) is 0 Å². The van der Waals surface area contributed by atoms with E-state index in [1.807, 2.05) is 0 Å². The standard InChI is InChI=1S/C14H31N/c1-7-9-10-11-12-14(5,6)15(8-2)13(3)4/h13H,7-12H2,1-6H3. The van der Waals surface area contributed by atoms with E-state index in [9.17, 15) is 0 Å². The first kappa shape index (κ1) is 15.0. The van der Waals surface area contributed by atoms with Gasteiger partial charge in [0.15, 0.2) is 0 Å². The Bertz CT molecular complexity index is 149. The summed E-state index contributed by atoms with van der Waals surface area (Å²) in [5.74, 6) is 0. The molecule has 0 aliphatic rings. The van der Waals surface area contributed by atoms with Crippen molar-refractivity contribution < 1.29 is 0 Å². The molecule has 0 aromatic rings. The van der Waals surface area contributed by atoms with Crippen LogP contribution in [0.3, 0.4) is 0 Å². The summed E-state index contributed by atoms with van der Waals surface area (Å²) in [5, 5.41) is 0. The smallest absolute Gasteiger partial charge is 0.0155 e. The van der Waals surface area contributed by atoms with Gasteiger partial charge in [-0.3, -0.25) is 4.90 Å². The first-order chi connectivity index (χ1) is 6.95. The third-order valence-corrected chi connectivity index (χ3v) is 3.38. The lowest BCUT2D eigenvalue weighted by molar-refractivity contribution is 0.0809. The predicted octanol–water partition coefficient (Wildman–Crippen LogP) is 4.47. The van der Waals surface area contributed by atoms with Gasteiger partial charge in [-0.15, -0.1) is 0 Å². The lowest BCUT2D eigenvalue weighted by Crippen LogP contribution is -2.47. The highest BCUT2D eigenvalue weighted by molar-refractivity contribution is 4.82. The van der Waals surface area contributed by atoms with Crippen molar-refractivity contribution in [1.82, 2.24) is 4.90 Å². The maximum atomic E-state index is 2.61. The van der Waals surface area contributed by atoms with Gasteiger partial charge in [0, 0.05) is 11.6 Å². The molecule has 0 heterocycles. The van der Waals surface area contributed by atoms with E-state index in [4.69, 9.17) is 0 Å². The maximum Gasteiger partial charge on any atom is 0.0155 e. The van der Waals surface area contributed by atoms with E-state index in [-0.39, 0.29) is 0 Å². The van der Waals surface area contributed by atoms with E-state index < -0.39 is 0 Å². The fourth-order valence-corrected chi connectivity index (χ4v) is 2.62. The van der Waals surface area contributed by atoms with Gasteiger partial charge < -0.3 is 0 Å². The molecular weight excluding hydrogens is 182 g/mol. The number of hydrogen-bond donors (Lipinski definition) is 0. The van der Waals surface area contributed by atoms with Crippen molar-refractivity contribution >= 4 is 0 Å². The van der Waals surface area contributed by atoms with Crippen LogP contribution in [-0.2, 0) is 0 Å². The summed E-state index contributed by atoms with van der Waals surface area (Å²) < 4.78 is 0. The second-order valence-electron chi connectivity index (χ2n) is 5.50. The first-order valence-corrected chi connectivity index (χ1v) is 6.72. The van der Waals surface area contributed by atoms with Crippen LogP contribution in [0.5, 0.6) is 0 Å². The lowest BCUT2D eigenvalue weighted by Gasteiger charge is -2.41. The van der Waals surface area contributed by atoms with Crippen LogP contribution in [-0.4, -0.2) is 23.0 Å². The van der Waals surface area contributed by atoms with Gasteiger partial charge in [0.1, 0.15) is 0 Å². The minimum absolute atomic E-state index is 0.372. The molecule has 0 aliphatic carbocycles. The minimum Gasteiger partial charge on any atom is -0.296 e. The average Bonchev–Trinajstić information content (AvgIpc) is 2.12. The summed E-state index contributed by atoms with van der Waals surface area (Å²) in [6, 6.07) is 0.663. The van der Waals surface area contributed by atoms with Gasteiger partial charge in [-0.05, 0) is 40.7 Å². The summed E-state index contributed by atoms with van der Waals surface area (Å²) in [6.07, 6.45) is 6.84. The van der Waals surface area contributed by atoms with Crippen molar-refractivity contribution in [3.8, 4) is 0 Å². The third kappa shape index (κ3) is 5.55. The van der Waals surface area contributed by atoms with E-state index in [1.165, 1.54) is 38.6 Å². The number of hydrogen-bond acceptors (Lipinski definition) is 1. The van der Waals surface area contributed by atoms with E-state index in [0.29, 0.717) is 11.6 Å². The molecule has 0 rings (SSSR count). The molecule has 0 radical (unpaired) electrons. The Morgan fingerprint density at radius 3 is 2.00 bits per heavy atom. The zero-order valence-corrected chi connectivity index (χ0v) is 11.8. The third-order valence-electron chi connectivity index (χ3n) is 3.38. The summed E-state index contributed by atoms with van der Waals surface area (Å²) >= 11 is 0. The van der Waals surface area contributed by atoms with Crippen LogP contribution in [0.1, 0.15) is 73.6 Å². The lowest BCUT2D eigenvalue weighted by atomic mass is 9.93. The van der Waals surface area contributed by atoms with Crippen LogP contribution >= 0.6 is 0 Å². The summed E-state index contributed by atoms with van der Waals surface area (Å²) in [7, 11) is 0. The Labute approximate surface area is 97.2 Å². The number of unbranched alkanes of at least 4 members (excludes halogenated alkanes) is 3. The summed E-state index contributed by atoms with van der Waals surface area (Å²) in [4.78, 5) is 2.61. The fourth-order valence-electron chi connectivity index (χ4n) is 2.62. The molecule has 1 nitrogen and oxygen atoms in total. The molecule has 0 bridgehead atoms. The average molecular weight is 213 g/mol. The predicted molar refractivity (Wildman–Crippen MR) is 70.4 cm³/mol. The molecule has 0 aromatic heterocycles. The maximum absolute atomic E-state index is 2.61. The monoisotopic (exact) mass is 213 g/mol. The molecule has 0 aliphatic heterocycles.